The van der Waals surface area contributed by atoms with Crippen LogP contribution in [0, 0.1) is 0 Å². The number of nitrogens with zero attached hydrogens (tertiary/aromatic N) is 1. The molecule has 0 bridgehead atoms. The van der Waals surface area contributed by atoms with Crippen molar-refractivity contribution in [2.75, 3.05) is 44.2 Å². The van der Waals surface area contributed by atoms with Crippen LogP contribution in [-0.2, 0) is 9.84 Å². The second-order valence-corrected chi connectivity index (χ2v) is 8.09. The van der Waals surface area contributed by atoms with Gasteiger partial charge >= 0.3 is 0 Å². The molecule has 2 N–H and O–H groups in total. The molecule has 7 heteroatoms. The van der Waals surface area contributed by atoms with Crippen molar-refractivity contribution in [2.24, 2.45) is 0 Å². The molecule has 0 unspecified atom stereocenters. The molecule has 0 aromatic carbocycles. The first-order valence-electron chi connectivity index (χ1n) is 7.09. The van der Waals surface area contributed by atoms with E-state index < -0.39 is 9.84 Å². The van der Waals surface area contributed by atoms with E-state index in [-0.39, 0.29) is 0 Å². The summed E-state index contributed by atoms with van der Waals surface area (Å²) in [6, 6.07) is 0.310. The Hall–Kier alpha value is -0.400. The van der Waals surface area contributed by atoms with Crippen LogP contribution in [-0.4, -0.2) is 68.7 Å². The maximum absolute atomic E-state index is 11.5. The first kappa shape index (κ1) is 15.0. The summed E-state index contributed by atoms with van der Waals surface area (Å²) in [6.07, 6.45) is 1.90. The first-order valence-corrected chi connectivity index (χ1v) is 9.32. The summed E-state index contributed by atoms with van der Waals surface area (Å²) in [5.41, 5.74) is 0. The number of thiocarbonyl (C=S) groups is 1. The normalized spacial score (nSPS) is 27.4. The summed E-state index contributed by atoms with van der Waals surface area (Å²) in [7, 11) is -2.76. The first-order chi connectivity index (χ1) is 9.02. The molecule has 2 fully saturated rings. The highest BCUT2D eigenvalue weighted by Gasteiger charge is 2.36. The van der Waals surface area contributed by atoms with E-state index in [9.17, 15) is 8.42 Å². The van der Waals surface area contributed by atoms with E-state index in [2.05, 4.69) is 17.1 Å². The molecule has 0 aliphatic carbocycles. The average molecular weight is 306 g/mol. The Bertz CT molecular complexity index is 417. The lowest BCUT2D eigenvalue weighted by Gasteiger charge is -2.36. The zero-order valence-electron chi connectivity index (χ0n) is 11.5. The molecular weight excluding hydrogens is 282 g/mol. The molecule has 0 saturated carbocycles. The van der Waals surface area contributed by atoms with E-state index in [0.717, 1.165) is 50.7 Å². The third-order valence-corrected chi connectivity index (χ3v) is 6.20. The predicted molar refractivity (Wildman–Crippen MR) is 80.2 cm³/mol. The van der Waals surface area contributed by atoms with Gasteiger partial charge in [-0.15, -0.1) is 0 Å². The van der Waals surface area contributed by atoms with E-state index >= 15 is 0 Å². The minimum absolute atomic E-state index is 0.310. The van der Waals surface area contributed by atoms with E-state index in [1.54, 1.807) is 0 Å². The monoisotopic (exact) mass is 306 g/mol. The summed E-state index contributed by atoms with van der Waals surface area (Å²) >= 11 is 5.36. The van der Waals surface area contributed by atoms with Crippen LogP contribution in [0.2, 0.25) is 0 Å². The Morgan fingerprint density at radius 2 is 2.11 bits per heavy atom. The van der Waals surface area contributed by atoms with Crippen molar-refractivity contribution < 1.29 is 13.3 Å². The van der Waals surface area contributed by atoms with Gasteiger partial charge in [0.15, 0.2) is 14.9 Å². The van der Waals surface area contributed by atoms with Gasteiger partial charge in [-0.05, 0) is 18.6 Å². The Morgan fingerprint density at radius 1 is 1.42 bits per heavy atom. The fourth-order valence-corrected chi connectivity index (χ4v) is 4.98. The van der Waals surface area contributed by atoms with E-state index in [1.165, 1.54) is 4.90 Å². The van der Waals surface area contributed by atoms with Crippen molar-refractivity contribution in [1.29, 1.82) is 0 Å². The molecule has 2 aliphatic heterocycles. The molecule has 2 heterocycles. The molecule has 2 saturated heterocycles. The number of rotatable bonds is 3. The molecule has 5 nitrogen and oxygen atoms in total. The molecule has 0 radical (unpaired) electrons. The van der Waals surface area contributed by atoms with Crippen molar-refractivity contribution in [3.05, 3.63) is 0 Å². The van der Waals surface area contributed by atoms with Crippen LogP contribution in [0.3, 0.4) is 0 Å². The molecule has 19 heavy (non-hydrogen) atoms. The smallest absolute Gasteiger partial charge is 0.169 e. The third kappa shape index (κ3) is 4.03. The van der Waals surface area contributed by atoms with Gasteiger partial charge in [0.05, 0.1) is 31.9 Å². The number of hydrogen-bond acceptors (Lipinski definition) is 3. The van der Waals surface area contributed by atoms with Gasteiger partial charge in [-0.2, -0.15) is 0 Å². The molecule has 0 amide bonds. The maximum Gasteiger partial charge on any atom is 0.169 e. The topological polar surface area (TPSA) is 53.9 Å². The van der Waals surface area contributed by atoms with Crippen LogP contribution < -0.4 is 10.2 Å². The molecule has 1 atom stereocenters. The minimum Gasteiger partial charge on any atom is -0.363 e. The van der Waals surface area contributed by atoms with Gasteiger partial charge in [-0.1, -0.05) is 6.92 Å². The highest BCUT2D eigenvalue weighted by molar-refractivity contribution is 7.91. The van der Waals surface area contributed by atoms with Crippen LogP contribution in [0.4, 0.5) is 0 Å². The molecule has 0 aromatic heterocycles. The van der Waals surface area contributed by atoms with Crippen LogP contribution >= 0.6 is 12.2 Å². The van der Waals surface area contributed by atoms with E-state index in [4.69, 9.17) is 12.2 Å². The van der Waals surface area contributed by atoms with Crippen molar-refractivity contribution in [3.63, 3.8) is 0 Å². The molecule has 0 spiro atoms. The van der Waals surface area contributed by atoms with Crippen molar-refractivity contribution in [1.82, 2.24) is 10.2 Å². The second-order valence-electron chi connectivity index (χ2n) is 5.48. The van der Waals surface area contributed by atoms with Crippen molar-refractivity contribution in [3.8, 4) is 0 Å². The maximum atomic E-state index is 11.5. The van der Waals surface area contributed by atoms with E-state index in [1.807, 2.05) is 0 Å². The Balaban J connectivity index is 1.78. The van der Waals surface area contributed by atoms with Gasteiger partial charge in [0.25, 0.3) is 0 Å². The van der Waals surface area contributed by atoms with Crippen LogP contribution in [0.1, 0.15) is 19.8 Å². The third-order valence-electron chi connectivity index (χ3n) is 4.03. The summed E-state index contributed by atoms with van der Waals surface area (Å²) in [4.78, 5) is 3.65. The standard InChI is InChI=1S/C12H23N3O2S2/c1-2-4-13-12(18)15-7-5-14(6-8-15)11-3-9-19(16,17)10-11/h11H,2-10H2,1H3,(H,13,18)/p+1/t11-/m0/s1. The number of quaternary nitrogens is 1. The molecule has 110 valence electrons. The largest absolute Gasteiger partial charge is 0.363 e. The van der Waals surface area contributed by atoms with Crippen LogP contribution in [0.5, 0.6) is 0 Å². The molecule has 0 aromatic rings. The van der Waals surface area contributed by atoms with Gasteiger partial charge in [-0.25, -0.2) is 8.42 Å². The summed E-state index contributed by atoms with van der Waals surface area (Å²) in [5.74, 6) is 0.752. The summed E-state index contributed by atoms with van der Waals surface area (Å²) in [5, 5.41) is 4.10. The van der Waals surface area contributed by atoms with Crippen molar-refractivity contribution >= 4 is 27.2 Å². The highest BCUT2D eigenvalue weighted by Crippen LogP contribution is 2.09. The summed E-state index contributed by atoms with van der Waals surface area (Å²) < 4.78 is 23.0. The van der Waals surface area contributed by atoms with Crippen LogP contribution in [0.25, 0.3) is 0 Å². The van der Waals surface area contributed by atoms with Crippen molar-refractivity contribution in [2.45, 2.75) is 25.8 Å². The van der Waals surface area contributed by atoms with Gasteiger partial charge in [-0.3, -0.25) is 0 Å². The quantitative estimate of drug-likeness (QED) is 0.632. The zero-order valence-corrected chi connectivity index (χ0v) is 13.2. The zero-order chi connectivity index (χ0) is 13.9. The SMILES string of the molecule is CCCNC(=S)N1CC[NH+]([C@H]2CCS(=O)(=O)C2)CC1. The fraction of sp³-hybridized carbons (Fsp3) is 0.917. The number of nitrogens with one attached hydrogen (secondary N) is 2. The number of piperazine rings is 1. The van der Waals surface area contributed by atoms with Crippen LogP contribution in [0.15, 0.2) is 0 Å². The predicted octanol–water partition coefficient (Wildman–Crippen LogP) is -1.34. The van der Waals surface area contributed by atoms with Gasteiger partial charge in [0.2, 0.25) is 0 Å². The Labute approximate surface area is 121 Å². The molecule has 2 rings (SSSR count). The molecule has 2 aliphatic rings. The van der Waals surface area contributed by atoms with Gasteiger partial charge in [0.1, 0.15) is 11.8 Å². The lowest BCUT2D eigenvalue weighted by molar-refractivity contribution is -0.925. The lowest BCUT2D eigenvalue weighted by atomic mass is 10.2. The second kappa shape index (κ2) is 6.37. The Kier molecular flexibility index (Phi) is 5.03. The van der Waals surface area contributed by atoms with Gasteiger partial charge < -0.3 is 15.1 Å². The fourth-order valence-electron chi connectivity index (χ4n) is 2.87. The van der Waals surface area contributed by atoms with Gasteiger partial charge in [0, 0.05) is 13.0 Å². The lowest BCUT2D eigenvalue weighted by Crippen LogP contribution is -3.18. The highest BCUT2D eigenvalue weighted by atomic mass is 32.2. The average Bonchev–Trinajstić information content (AvgIpc) is 2.76. The number of sulfone groups is 1. The summed E-state index contributed by atoms with van der Waals surface area (Å²) in [6.45, 7) is 6.90. The Morgan fingerprint density at radius 3 is 2.63 bits per heavy atom. The minimum atomic E-state index is -2.76. The van der Waals surface area contributed by atoms with E-state index in [0.29, 0.717) is 17.5 Å². The molecular formula is C12H24N3O2S2+. The number of hydrogen-bond donors (Lipinski definition) is 2.